The highest BCUT2D eigenvalue weighted by atomic mass is 16.4. The topological polar surface area (TPSA) is 78.7 Å². The number of hydrogen-bond acceptors (Lipinski definition) is 5. The van der Waals surface area contributed by atoms with E-state index < -0.39 is 0 Å². The predicted molar refractivity (Wildman–Crippen MR) is 128 cm³/mol. The highest BCUT2D eigenvalue weighted by Gasteiger charge is 2.26. The summed E-state index contributed by atoms with van der Waals surface area (Å²) in [6.45, 7) is 8.83. The zero-order valence-corrected chi connectivity index (χ0v) is 18.8. The van der Waals surface area contributed by atoms with Crippen molar-refractivity contribution in [2.75, 3.05) is 39.3 Å². The van der Waals surface area contributed by atoms with Crippen LogP contribution < -0.4 is 5.32 Å². The Kier molecular flexibility index (Phi) is 7.00. The summed E-state index contributed by atoms with van der Waals surface area (Å²) in [6, 6.07) is 15.4. The Morgan fingerprint density at radius 2 is 1.82 bits per heavy atom. The van der Waals surface area contributed by atoms with Crippen molar-refractivity contribution in [3.8, 4) is 22.8 Å². The molecule has 1 aliphatic heterocycles. The first kappa shape index (κ1) is 22.5. The molecule has 1 aliphatic rings. The van der Waals surface area contributed by atoms with Crippen LogP contribution in [0.4, 0.5) is 0 Å². The maximum atomic E-state index is 13.3. The number of rotatable bonds is 7. The Balaban J connectivity index is 1.45. The number of benzene rings is 2. The Morgan fingerprint density at radius 1 is 1.09 bits per heavy atom. The van der Waals surface area contributed by atoms with Gasteiger partial charge >= 0.3 is 0 Å². The molecule has 0 unspecified atom stereocenters. The number of nitrogens with one attached hydrogen (secondary N) is 1. The quantitative estimate of drug-likeness (QED) is 0.566. The molecule has 7 nitrogen and oxygen atoms in total. The molecular formula is C26H28N4O3. The fraction of sp³-hybridized carbons (Fsp3) is 0.269. The average molecular weight is 445 g/mol. The standard InChI is InChI=1S/C26H28N4O3/c1-3-12-27-24(31)18-29-13-15-30(16-14-29)26(32)22-7-5-4-6-21(22)25-28-17-23(33-25)20-10-8-19(2)9-11-20/h3-11,17H,1,12-16,18H2,2H3,(H,27,31). The molecular weight excluding hydrogens is 416 g/mol. The van der Waals surface area contributed by atoms with E-state index in [9.17, 15) is 9.59 Å². The largest absolute Gasteiger partial charge is 0.436 e. The first-order valence-electron chi connectivity index (χ1n) is 11.1. The molecule has 2 heterocycles. The smallest absolute Gasteiger partial charge is 0.254 e. The summed E-state index contributed by atoms with van der Waals surface area (Å²) in [6.07, 6.45) is 3.35. The van der Waals surface area contributed by atoms with Gasteiger partial charge in [0, 0.05) is 43.9 Å². The molecule has 1 N–H and O–H groups in total. The molecule has 2 amide bonds. The molecule has 170 valence electrons. The second kappa shape index (κ2) is 10.3. The summed E-state index contributed by atoms with van der Waals surface area (Å²) in [5, 5.41) is 2.78. The van der Waals surface area contributed by atoms with E-state index in [1.54, 1.807) is 12.3 Å². The number of carbonyl (C=O) groups excluding carboxylic acids is 2. The van der Waals surface area contributed by atoms with Gasteiger partial charge in [-0.2, -0.15) is 0 Å². The lowest BCUT2D eigenvalue weighted by atomic mass is 10.1. The van der Waals surface area contributed by atoms with Gasteiger partial charge in [0.2, 0.25) is 11.8 Å². The van der Waals surface area contributed by atoms with Gasteiger partial charge < -0.3 is 14.6 Å². The SMILES string of the molecule is C=CCNC(=O)CN1CCN(C(=O)c2ccccc2-c2ncc(-c3ccc(C)cc3)o2)CC1. The van der Waals surface area contributed by atoms with E-state index in [1.165, 1.54) is 5.56 Å². The highest BCUT2D eigenvalue weighted by molar-refractivity contribution is 6.00. The van der Waals surface area contributed by atoms with Crippen LogP contribution in [0.2, 0.25) is 0 Å². The number of carbonyl (C=O) groups is 2. The zero-order valence-electron chi connectivity index (χ0n) is 18.8. The van der Waals surface area contributed by atoms with Crippen LogP contribution in [0.25, 0.3) is 22.8 Å². The fourth-order valence-corrected chi connectivity index (χ4v) is 3.83. The fourth-order valence-electron chi connectivity index (χ4n) is 3.83. The van der Waals surface area contributed by atoms with Crippen LogP contribution in [0.1, 0.15) is 15.9 Å². The summed E-state index contributed by atoms with van der Waals surface area (Å²) in [4.78, 5) is 33.6. The van der Waals surface area contributed by atoms with E-state index in [4.69, 9.17) is 4.42 Å². The molecule has 1 saturated heterocycles. The molecule has 2 aromatic carbocycles. The lowest BCUT2D eigenvalue weighted by molar-refractivity contribution is -0.122. The molecule has 3 aromatic rings. The molecule has 0 spiro atoms. The van der Waals surface area contributed by atoms with Gasteiger partial charge in [0.1, 0.15) is 0 Å². The predicted octanol–water partition coefficient (Wildman–Crippen LogP) is 3.38. The Hall–Kier alpha value is -3.71. The van der Waals surface area contributed by atoms with Gasteiger partial charge in [0.15, 0.2) is 5.76 Å². The molecule has 0 aliphatic carbocycles. The van der Waals surface area contributed by atoms with Gasteiger partial charge in [-0.1, -0.05) is 48.0 Å². The summed E-state index contributed by atoms with van der Waals surface area (Å²) in [5.74, 6) is 0.993. The highest BCUT2D eigenvalue weighted by Crippen LogP contribution is 2.29. The number of piperazine rings is 1. The summed E-state index contributed by atoms with van der Waals surface area (Å²) < 4.78 is 6.03. The van der Waals surface area contributed by atoms with E-state index in [-0.39, 0.29) is 11.8 Å². The van der Waals surface area contributed by atoms with Crippen LogP contribution in [-0.2, 0) is 4.79 Å². The lowest BCUT2D eigenvalue weighted by Crippen LogP contribution is -2.51. The van der Waals surface area contributed by atoms with Gasteiger partial charge in [-0.25, -0.2) is 4.98 Å². The monoisotopic (exact) mass is 444 g/mol. The second-order valence-electron chi connectivity index (χ2n) is 8.10. The lowest BCUT2D eigenvalue weighted by Gasteiger charge is -2.34. The number of oxazole rings is 1. The molecule has 33 heavy (non-hydrogen) atoms. The van der Waals surface area contributed by atoms with E-state index in [0.29, 0.717) is 62.0 Å². The number of aryl methyl sites for hydroxylation is 1. The first-order chi connectivity index (χ1) is 16.0. The molecule has 1 aromatic heterocycles. The van der Waals surface area contributed by atoms with Crippen LogP contribution in [0.3, 0.4) is 0 Å². The van der Waals surface area contributed by atoms with Crippen molar-refractivity contribution in [1.29, 1.82) is 0 Å². The van der Waals surface area contributed by atoms with Gasteiger partial charge in [-0.05, 0) is 19.1 Å². The first-order valence-corrected chi connectivity index (χ1v) is 11.1. The Bertz CT molecular complexity index is 1130. The molecule has 4 rings (SSSR count). The van der Waals surface area contributed by atoms with Crippen molar-refractivity contribution < 1.29 is 14.0 Å². The van der Waals surface area contributed by atoms with Crippen LogP contribution in [0.15, 0.2) is 71.8 Å². The molecule has 0 bridgehead atoms. The van der Waals surface area contributed by atoms with Crippen molar-refractivity contribution in [3.05, 3.63) is 78.5 Å². The molecule has 0 saturated carbocycles. The third kappa shape index (κ3) is 5.38. The molecule has 1 fully saturated rings. The Labute approximate surface area is 193 Å². The van der Waals surface area contributed by atoms with Crippen molar-refractivity contribution >= 4 is 11.8 Å². The number of aromatic nitrogens is 1. The third-order valence-corrected chi connectivity index (χ3v) is 5.70. The van der Waals surface area contributed by atoms with Crippen molar-refractivity contribution in [2.45, 2.75) is 6.92 Å². The minimum absolute atomic E-state index is 0.0340. The van der Waals surface area contributed by atoms with E-state index in [0.717, 1.165) is 5.56 Å². The summed E-state index contributed by atoms with van der Waals surface area (Å²) in [5.41, 5.74) is 3.35. The normalized spacial score (nSPS) is 14.2. The average Bonchev–Trinajstić information content (AvgIpc) is 3.33. The third-order valence-electron chi connectivity index (χ3n) is 5.70. The number of amides is 2. The van der Waals surface area contributed by atoms with Gasteiger partial charge in [-0.3, -0.25) is 14.5 Å². The van der Waals surface area contributed by atoms with Crippen molar-refractivity contribution in [3.63, 3.8) is 0 Å². The number of nitrogens with zero attached hydrogens (tertiary/aromatic N) is 3. The number of hydrogen-bond donors (Lipinski definition) is 1. The van der Waals surface area contributed by atoms with Crippen LogP contribution in [0.5, 0.6) is 0 Å². The minimum Gasteiger partial charge on any atom is -0.436 e. The second-order valence-corrected chi connectivity index (χ2v) is 8.10. The van der Waals surface area contributed by atoms with Crippen LogP contribution in [-0.4, -0.2) is 65.9 Å². The zero-order chi connectivity index (χ0) is 23.2. The van der Waals surface area contributed by atoms with Gasteiger partial charge in [0.05, 0.1) is 18.3 Å². The van der Waals surface area contributed by atoms with E-state index in [1.807, 2.05) is 60.4 Å². The van der Waals surface area contributed by atoms with Crippen LogP contribution >= 0.6 is 0 Å². The molecule has 7 heteroatoms. The molecule has 0 atom stereocenters. The van der Waals surface area contributed by atoms with Crippen LogP contribution in [0, 0.1) is 6.92 Å². The maximum absolute atomic E-state index is 13.3. The van der Waals surface area contributed by atoms with E-state index >= 15 is 0 Å². The van der Waals surface area contributed by atoms with Crippen molar-refractivity contribution in [1.82, 2.24) is 20.1 Å². The van der Waals surface area contributed by atoms with Crippen molar-refractivity contribution in [2.24, 2.45) is 0 Å². The Morgan fingerprint density at radius 3 is 2.55 bits per heavy atom. The molecule has 0 radical (unpaired) electrons. The van der Waals surface area contributed by atoms with Gasteiger partial charge in [0.25, 0.3) is 5.91 Å². The van der Waals surface area contributed by atoms with Gasteiger partial charge in [-0.15, -0.1) is 6.58 Å². The summed E-state index contributed by atoms with van der Waals surface area (Å²) in [7, 11) is 0. The maximum Gasteiger partial charge on any atom is 0.254 e. The van der Waals surface area contributed by atoms with E-state index in [2.05, 4.69) is 21.8 Å². The minimum atomic E-state index is -0.0588. The summed E-state index contributed by atoms with van der Waals surface area (Å²) >= 11 is 0.